The van der Waals surface area contributed by atoms with Gasteiger partial charge in [-0.15, -0.1) is 0 Å². The summed E-state index contributed by atoms with van der Waals surface area (Å²) in [5, 5.41) is 13.0. The van der Waals surface area contributed by atoms with Crippen molar-refractivity contribution in [2.45, 2.75) is 12.0 Å². The van der Waals surface area contributed by atoms with E-state index >= 15 is 0 Å². The molecule has 1 fully saturated rings. The lowest BCUT2D eigenvalue weighted by molar-refractivity contribution is -0.498. The molecule has 4 nitrogen and oxygen atoms in total. The zero-order valence-electron chi connectivity index (χ0n) is 9.52. The molecule has 0 radical (unpaired) electrons. The third-order valence-electron chi connectivity index (χ3n) is 3.60. The minimum absolute atomic E-state index is 0.262. The quantitative estimate of drug-likeness (QED) is 0.471. The number of hydrogen-bond acceptors (Lipinski definition) is 3. The molecule has 0 N–H and O–H groups in total. The van der Waals surface area contributed by atoms with Crippen molar-refractivity contribution in [1.29, 1.82) is 0 Å². The highest BCUT2D eigenvalue weighted by Gasteiger charge is 2.61. The summed E-state index contributed by atoms with van der Waals surface area (Å²) >= 11 is 0. The molecule has 4 heteroatoms. The smallest absolute Gasteiger partial charge is 0.231 e. The van der Waals surface area contributed by atoms with E-state index in [-0.39, 0.29) is 10.8 Å². The predicted molar refractivity (Wildman–Crippen MR) is 67.0 cm³/mol. The van der Waals surface area contributed by atoms with Gasteiger partial charge in [0, 0.05) is 4.92 Å². The van der Waals surface area contributed by atoms with Crippen LogP contribution in [0, 0.1) is 16.0 Å². The Kier molecular flexibility index (Phi) is 2.37. The van der Waals surface area contributed by atoms with E-state index in [0.717, 1.165) is 16.3 Å². The Balaban J connectivity index is 2.00. The molecule has 0 aliphatic heterocycles. The second-order valence-electron chi connectivity index (χ2n) is 4.62. The molecule has 1 aliphatic rings. The first-order valence-corrected chi connectivity index (χ1v) is 5.80. The number of aldehydes is 1. The highest BCUT2D eigenvalue weighted by molar-refractivity contribution is 5.83. The number of benzene rings is 2. The molecular weight excluding hydrogens is 230 g/mol. The number of carbonyl (C=O) groups is 1. The van der Waals surface area contributed by atoms with Crippen molar-refractivity contribution in [3.63, 3.8) is 0 Å². The first kappa shape index (κ1) is 10.9. The predicted octanol–water partition coefficient (Wildman–Crippen LogP) is 2.40. The number of nitro groups is 1. The van der Waals surface area contributed by atoms with E-state index in [2.05, 4.69) is 0 Å². The average molecular weight is 241 g/mol. The Bertz CT molecular complexity index is 638. The van der Waals surface area contributed by atoms with Gasteiger partial charge in [-0.05, 0) is 16.3 Å². The summed E-state index contributed by atoms with van der Waals surface area (Å²) in [5.41, 5.74) is 0.882. The summed E-state index contributed by atoms with van der Waals surface area (Å²) in [4.78, 5) is 21.3. The van der Waals surface area contributed by atoms with Gasteiger partial charge in [-0.3, -0.25) is 10.1 Å². The van der Waals surface area contributed by atoms with Crippen LogP contribution in [0.4, 0.5) is 0 Å². The zero-order chi connectivity index (χ0) is 12.7. The van der Waals surface area contributed by atoms with Crippen molar-refractivity contribution >= 4 is 17.1 Å². The molecule has 0 aromatic heterocycles. The fourth-order valence-corrected chi connectivity index (χ4v) is 2.59. The largest absolute Gasteiger partial charge is 0.303 e. The molecule has 1 saturated carbocycles. The summed E-state index contributed by atoms with van der Waals surface area (Å²) in [7, 11) is 0. The van der Waals surface area contributed by atoms with Gasteiger partial charge in [0.05, 0.1) is 11.8 Å². The van der Waals surface area contributed by atoms with Gasteiger partial charge in [0.25, 0.3) is 0 Å². The van der Waals surface area contributed by atoms with Crippen LogP contribution in [-0.2, 0) is 4.79 Å². The lowest BCUT2D eigenvalue weighted by Gasteiger charge is -2.01. The first-order valence-electron chi connectivity index (χ1n) is 5.80. The second-order valence-corrected chi connectivity index (χ2v) is 4.62. The van der Waals surface area contributed by atoms with Crippen LogP contribution in [0.2, 0.25) is 0 Å². The number of nitrogens with zero attached hydrogens (tertiary/aromatic N) is 1. The van der Waals surface area contributed by atoms with Gasteiger partial charge in [0.15, 0.2) is 0 Å². The SMILES string of the molecule is O=C[C@@H]1[C@@H](c2ccc3ccccc3c2)[C@@H]1[N+](=O)[O-]. The standard InChI is InChI=1S/C14H11NO3/c16-8-12-13(14(12)15(17)18)11-6-5-9-3-1-2-4-10(9)7-11/h1-8,12-14H/t12-,13-,14-/m1/s1. The molecule has 3 rings (SSSR count). The van der Waals surface area contributed by atoms with Gasteiger partial charge in [-0.1, -0.05) is 42.5 Å². The maximum atomic E-state index is 10.8. The Hall–Kier alpha value is -2.23. The van der Waals surface area contributed by atoms with Crippen LogP contribution in [0.3, 0.4) is 0 Å². The van der Waals surface area contributed by atoms with Gasteiger partial charge in [-0.25, -0.2) is 0 Å². The van der Waals surface area contributed by atoms with Crippen LogP contribution in [-0.4, -0.2) is 17.3 Å². The van der Waals surface area contributed by atoms with E-state index in [9.17, 15) is 14.9 Å². The summed E-state index contributed by atoms with van der Waals surface area (Å²) in [6, 6.07) is 12.9. The lowest BCUT2D eigenvalue weighted by atomic mass is 10.0. The van der Waals surface area contributed by atoms with Crippen LogP contribution < -0.4 is 0 Å². The summed E-state index contributed by atoms with van der Waals surface area (Å²) in [6.45, 7) is 0. The van der Waals surface area contributed by atoms with Crippen LogP contribution in [0.5, 0.6) is 0 Å². The Morgan fingerprint density at radius 1 is 1.11 bits per heavy atom. The van der Waals surface area contributed by atoms with E-state index in [0.29, 0.717) is 6.29 Å². The zero-order valence-corrected chi connectivity index (χ0v) is 9.52. The summed E-state index contributed by atoms with van der Waals surface area (Å²) in [5.74, 6) is -0.733. The van der Waals surface area contributed by atoms with Gasteiger partial charge >= 0.3 is 0 Å². The lowest BCUT2D eigenvalue weighted by Crippen LogP contribution is -2.05. The highest BCUT2D eigenvalue weighted by Crippen LogP contribution is 2.48. The molecule has 0 heterocycles. The van der Waals surface area contributed by atoms with Crippen LogP contribution in [0.1, 0.15) is 11.5 Å². The van der Waals surface area contributed by atoms with E-state index in [1.807, 2.05) is 42.5 Å². The van der Waals surface area contributed by atoms with E-state index in [1.165, 1.54) is 0 Å². The van der Waals surface area contributed by atoms with Crippen molar-refractivity contribution in [3.05, 3.63) is 58.1 Å². The van der Waals surface area contributed by atoms with Crippen LogP contribution in [0.25, 0.3) is 10.8 Å². The third kappa shape index (κ3) is 1.57. The molecule has 0 unspecified atom stereocenters. The number of hydrogen-bond donors (Lipinski definition) is 0. The topological polar surface area (TPSA) is 60.2 Å². The molecule has 2 aromatic rings. The molecule has 0 bridgehead atoms. The normalized spacial score (nSPS) is 25.9. The van der Waals surface area contributed by atoms with Crippen LogP contribution in [0.15, 0.2) is 42.5 Å². The molecule has 2 aromatic carbocycles. The Morgan fingerprint density at radius 2 is 1.83 bits per heavy atom. The molecule has 90 valence electrons. The minimum atomic E-state index is -0.747. The van der Waals surface area contributed by atoms with E-state index in [1.54, 1.807) is 0 Å². The van der Waals surface area contributed by atoms with Crippen molar-refractivity contribution < 1.29 is 9.72 Å². The number of carbonyl (C=O) groups excluding carboxylic acids is 1. The maximum absolute atomic E-state index is 10.8. The molecule has 1 aliphatic carbocycles. The third-order valence-corrected chi connectivity index (χ3v) is 3.60. The van der Waals surface area contributed by atoms with Crippen molar-refractivity contribution in [2.75, 3.05) is 0 Å². The fraction of sp³-hybridized carbons (Fsp3) is 0.214. The molecule has 0 amide bonds. The monoisotopic (exact) mass is 241 g/mol. The fourth-order valence-electron chi connectivity index (χ4n) is 2.59. The Morgan fingerprint density at radius 3 is 2.44 bits per heavy atom. The van der Waals surface area contributed by atoms with Gasteiger partial charge in [-0.2, -0.15) is 0 Å². The van der Waals surface area contributed by atoms with E-state index in [4.69, 9.17) is 0 Å². The van der Waals surface area contributed by atoms with Gasteiger partial charge in [0.1, 0.15) is 6.29 Å². The van der Waals surface area contributed by atoms with Gasteiger partial charge < -0.3 is 4.79 Å². The summed E-state index contributed by atoms with van der Waals surface area (Å²) < 4.78 is 0. The van der Waals surface area contributed by atoms with Gasteiger partial charge in [0.2, 0.25) is 6.04 Å². The molecule has 3 atom stereocenters. The Labute approximate surface area is 103 Å². The minimum Gasteiger partial charge on any atom is -0.303 e. The maximum Gasteiger partial charge on any atom is 0.231 e. The average Bonchev–Trinajstić information content (AvgIpc) is 3.12. The highest BCUT2D eigenvalue weighted by atomic mass is 16.6. The van der Waals surface area contributed by atoms with Crippen LogP contribution >= 0.6 is 0 Å². The molecule has 18 heavy (non-hydrogen) atoms. The molecule has 0 saturated heterocycles. The molecular formula is C14H11NO3. The molecule has 0 spiro atoms. The van der Waals surface area contributed by atoms with Crippen molar-refractivity contribution in [3.8, 4) is 0 Å². The summed E-state index contributed by atoms with van der Waals surface area (Å²) in [6.07, 6.45) is 0.702. The van der Waals surface area contributed by atoms with Crippen molar-refractivity contribution in [2.24, 2.45) is 5.92 Å². The van der Waals surface area contributed by atoms with E-state index < -0.39 is 12.0 Å². The first-order chi connectivity index (χ1) is 8.72. The second kappa shape index (κ2) is 3.91. The van der Waals surface area contributed by atoms with Crippen molar-refractivity contribution in [1.82, 2.24) is 0 Å². The number of rotatable bonds is 3. The number of fused-ring (bicyclic) bond motifs is 1.